The second kappa shape index (κ2) is 5.28. The van der Waals surface area contributed by atoms with Crippen LogP contribution < -0.4 is 5.56 Å². The number of fused-ring (bicyclic) bond motifs is 3. The van der Waals surface area contributed by atoms with E-state index in [1.165, 1.54) is 10.4 Å². The van der Waals surface area contributed by atoms with E-state index >= 15 is 0 Å². The van der Waals surface area contributed by atoms with E-state index < -0.39 is 0 Å². The number of aromatic nitrogens is 3. The maximum atomic E-state index is 12.4. The number of nitrogens with one attached hydrogen (secondary N) is 1. The van der Waals surface area contributed by atoms with Crippen molar-refractivity contribution < 1.29 is 0 Å². The summed E-state index contributed by atoms with van der Waals surface area (Å²) < 4.78 is 0. The van der Waals surface area contributed by atoms with Gasteiger partial charge in [-0.3, -0.25) is 4.79 Å². The van der Waals surface area contributed by atoms with Crippen molar-refractivity contribution in [2.24, 2.45) is 0 Å². The van der Waals surface area contributed by atoms with E-state index in [2.05, 4.69) is 34.2 Å². The van der Waals surface area contributed by atoms with Crippen LogP contribution in [0.1, 0.15) is 53.2 Å². The van der Waals surface area contributed by atoms with E-state index in [0.29, 0.717) is 12.3 Å². The molecule has 0 amide bonds. The van der Waals surface area contributed by atoms with Crippen molar-refractivity contribution in [3.8, 4) is 0 Å². The zero-order valence-electron chi connectivity index (χ0n) is 12.6. The highest BCUT2D eigenvalue weighted by Crippen LogP contribution is 2.34. The SMILES string of the molecule is CC(C)c1nc(Cc2nc3sc4c(c3c(=O)[nH]2)CCC4)cs1. The number of rotatable bonds is 3. The third-order valence-corrected chi connectivity index (χ3v) is 6.42. The van der Waals surface area contributed by atoms with Crippen molar-refractivity contribution in [2.75, 3.05) is 0 Å². The Morgan fingerprint density at radius 3 is 2.95 bits per heavy atom. The first kappa shape index (κ1) is 14.1. The zero-order chi connectivity index (χ0) is 15.3. The van der Waals surface area contributed by atoms with Gasteiger partial charge in [0.1, 0.15) is 10.7 Å². The van der Waals surface area contributed by atoms with Crippen molar-refractivity contribution in [2.45, 2.75) is 45.4 Å². The van der Waals surface area contributed by atoms with Gasteiger partial charge in [0.05, 0.1) is 16.1 Å². The summed E-state index contributed by atoms with van der Waals surface area (Å²) in [4.78, 5) is 26.9. The number of thiophene rings is 1. The quantitative estimate of drug-likeness (QED) is 0.797. The molecule has 1 N–H and O–H groups in total. The van der Waals surface area contributed by atoms with Crippen LogP contribution in [0, 0.1) is 0 Å². The number of hydrogen-bond acceptors (Lipinski definition) is 5. The first-order chi connectivity index (χ1) is 10.6. The Morgan fingerprint density at radius 1 is 1.32 bits per heavy atom. The Hall–Kier alpha value is -1.53. The lowest BCUT2D eigenvalue weighted by molar-refractivity contribution is 0.836. The molecule has 114 valence electrons. The molecule has 0 bridgehead atoms. The summed E-state index contributed by atoms with van der Waals surface area (Å²) in [7, 11) is 0. The summed E-state index contributed by atoms with van der Waals surface area (Å²) >= 11 is 3.36. The Kier molecular flexibility index (Phi) is 3.38. The Labute approximate surface area is 136 Å². The van der Waals surface area contributed by atoms with E-state index in [0.717, 1.165) is 46.0 Å². The third kappa shape index (κ3) is 2.30. The van der Waals surface area contributed by atoms with E-state index in [1.807, 2.05) is 0 Å². The van der Waals surface area contributed by atoms with E-state index in [-0.39, 0.29) is 5.56 Å². The molecule has 0 unspecified atom stereocenters. The molecule has 0 aromatic carbocycles. The molecule has 1 aliphatic rings. The molecule has 0 atom stereocenters. The lowest BCUT2D eigenvalue weighted by Gasteiger charge is -2.00. The van der Waals surface area contributed by atoms with Crippen LogP contribution in [0.15, 0.2) is 10.2 Å². The van der Waals surface area contributed by atoms with Gasteiger partial charge < -0.3 is 4.98 Å². The first-order valence-electron chi connectivity index (χ1n) is 7.59. The molecule has 3 aromatic heterocycles. The summed E-state index contributed by atoms with van der Waals surface area (Å²) in [6.07, 6.45) is 3.87. The summed E-state index contributed by atoms with van der Waals surface area (Å²) in [6, 6.07) is 0. The second-order valence-electron chi connectivity index (χ2n) is 6.06. The highest BCUT2D eigenvalue weighted by atomic mass is 32.1. The van der Waals surface area contributed by atoms with Crippen molar-refractivity contribution >= 4 is 32.9 Å². The summed E-state index contributed by atoms with van der Waals surface area (Å²) in [5.74, 6) is 1.16. The molecular formula is C16H17N3OS2. The monoisotopic (exact) mass is 331 g/mol. The molecule has 3 heterocycles. The normalized spacial score (nSPS) is 14.1. The molecule has 6 heteroatoms. The Bertz CT molecular complexity index is 904. The third-order valence-electron chi connectivity index (χ3n) is 4.04. The number of thiazole rings is 1. The van der Waals surface area contributed by atoms with Crippen LogP contribution in [0.2, 0.25) is 0 Å². The van der Waals surface area contributed by atoms with Gasteiger partial charge in [-0.25, -0.2) is 9.97 Å². The van der Waals surface area contributed by atoms with Gasteiger partial charge in [-0.05, 0) is 24.8 Å². The number of aromatic amines is 1. The molecule has 0 radical (unpaired) electrons. The molecule has 4 nitrogen and oxygen atoms in total. The number of hydrogen-bond donors (Lipinski definition) is 1. The van der Waals surface area contributed by atoms with Crippen LogP contribution >= 0.6 is 22.7 Å². The minimum atomic E-state index is 0.0127. The van der Waals surface area contributed by atoms with Crippen molar-refractivity contribution in [1.82, 2.24) is 15.0 Å². The van der Waals surface area contributed by atoms with Gasteiger partial charge in [0.25, 0.3) is 5.56 Å². The number of nitrogens with zero attached hydrogens (tertiary/aromatic N) is 2. The fourth-order valence-corrected chi connectivity index (χ4v) is 5.09. The molecule has 0 aliphatic heterocycles. The molecule has 0 fully saturated rings. The fraction of sp³-hybridized carbons (Fsp3) is 0.438. The highest BCUT2D eigenvalue weighted by Gasteiger charge is 2.21. The zero-order valence-corrected chi connectivity index (χ0v) is 14.2. The maximum Gasteiger partial charge on any atom is 0.259 e. The van der Waals surface area contributed by atoms with Crippen LogP contribution in [0.4, 0.5) is 0 Å². The lowest BCUT2D eigenvalue weighted by Crippen LogP contribution is -2.12. The van der Waals surface area contributed by atoms with Crippen molar-refractivity contribution in [3.63, 3.8) is 0 Å². The predicted molar refractivity (Wildman–Crippen MR) is 91.3 cm³/mol. The summed E-state index contributed by atoms with van der Waals surface area (Å²) in [5.41, 5.74) is 2.23. The van der Waals surface area contributed by atoms with Crippen molar-refractivity contribution in [1.29, 1.82) is 0 Å². The Balaban J connectivity index is 1.72. The molecule has 4 rings (SSSR count). The number of aryl methyl sites for hydroxylation is 2. The van der Waals surface area contributed by atoms with Gasteiger partial charge in [0, 0.05) is 22.6 Å². The van der Waals surface area contributed by atoms with Crippen molar-refractivity contribution in [3.05, 3.63) is 42.7 Å². The minimum Gasteiger partial charge on any atom is -0.310 e. The molecular weight excluding hydrogens is 314 g/mol. The largest absolute Gasteiger partial charge is 0.310 e. The Morgan fingerprint density at radius 2 is 2.18 bits per heavy atom. The summed E-state index contributed by atoms with van der Waals surface area (Å²) in [6.45, 7) is 4.28. The van der Waals surface area contributed by atoms with Gasteiger partial charge in [0.15, 0.2) is 0 Å². The molecule has 0 saturated carbocycles. The minimum absolute atomic E-state index is 0.0127. The second-order valence-corrected chi connectivity index (χ2v) is 8.03. The van der Waals surface area contributed by atoms with Crippen LogP contribution in [-0.4, -0.2) is 15.0 Å². The molecule has 1 aliphatic carbocycles. The molecule has 22 heavy (non-hydrogen) atoms. The standard InChI is InChI=1S/C16H17N3OS2/c1-8(2)15-17-9(7-21-15)6-12-18-14(20)13-10-4-3-5-11(10)22-16(13)19-12/h7-8H,3-6H2,1-2H3,(H,18,19,20). The predicted octanol–water partition coefficient (Wildman–Crippen LogP) is 3.64. The molecule has 3 aromatic rings. The van der Waals surface area contributed by atoms with E-state index in [1.54, 1.807) is 22.7 Å². The van der Waals surface area contributed by atoms with Crippen LogP contribution in [0.5, 0.6) is 0 Å². The lowest BCUT2D eigenvalue weighted by atomic mass is 10.2. The van der Waals surface area contributed by atoms with Crippen LogP contribution in [0.25, 0.3) is 10.2 Å². The van der Waals surface area contributed by atoms with E-state index in [9.17, 15) is 4.79 Å². The van der Waals surface area contributed by atoms with Crippen LogP contribution in [-0.2, 0) is 19.3 Å². The van der Waals surface area contributed by atoms with Gasteiger partial charge in [-0.1, -0.05) is 13.8 Å². The van der Waals surface area contributed by atoms with E-state index in [4.69, 9.17) is 0 Å². The first-order valence-corrected chi connectivity index (χ1v) is 9.29. The maximum absolute atomic E-state index is 12.4. The van der Waals surface area contributed by atoms with Gasteiger partial charge in [0.2, 0.25) is 0 Å². The smallest absolute Gasteiger partial charge is 0.259 e. The average molecular weight is 331 g/mol. The van der Waals surface area contributed by atoms with Gasteiger partial charge >= 0.3 is 0 Å². The van der Waals surface area contributed by atoms with Crippen LogP contribution in [0.3, 0.4) is 0 Å². The highest BCUT2D eigenvalue weighted by molar-refractivity contribution is 7.18. The summed E-state index contributed by atoms with van der Waals surface area (Å²) in [5, 5.41) is 4.02. The topological polar surface area (TPSA) is 58.6 Å². The molecule has 0 saturated heterocycles. The van der Waals surface area contributed by atoms with Gasteiger partial charge in [-0.15, -0.1) is 22.7 Å². The molecule has 0 spiro atoms. The average Bonchev–Trinajstić information content (AvgIpc) is 3.12. The fourth-order valence-electron chi connectivity index (χ4n) is 2.97. The van der Waals surface area contributed by atoms with Gasteiger partial charge in [-0.2, -0.15) is 0 Å². The number of H-pyrrole nitrogens is 1.